The summed E-state index contributed by atoms with van der Waals surface area (Å²) in [5, 5.41) is 7.15. The van der Waals surface area contributed by atoms with Gasteiger partial charge in [0.25, 0.3) is 5.91 Å². The number of ether oxygens (including phenoxy) is 1. The predicted octanol–water partition coefficient (Wildman–Crippen LogP) is 1.57. The van der Waals surface area contributed by atoms with Crippen molar-refractivity contribution in [3.8, 4) is 0 Å². The third-order valence-corrected chi connectivity index (χ3v) is 3.42. The zero-order valence-electron chi connectivity index (χ0n) is 11.8. The lowest BCUT2D eigenvalue weighted by molar-refractivity contribution is 0.0978. The van der Waals surface area contributed by atoms with E-state index in [0.29, 0.717) is 24.6 Å². The number of carbonyl (C=O) groups is 1. The third-order valence-electron chi connectivity index (χ3n) is 3.42. The van der Waals surface area contributed by atoms with E-state index in [1.807, 2.05) is 24.3 Å². The molecule has 1 aromatic heterocycles. The van der Waals surface area contributed by atoms with E-state index in [0.717, 1.165) is 24.3 Å². The summed E-state index contributed by atoms with van der Waals surface area (Å²) in [6.07, 6.45) is 0. The summed E-state index contributed by atoms with van der Waals surface area (Å²) in [6.45, 7) is 2.40. The Kier molecular flexibility index (Phi) is 3.98. The Bertz CT molecular complexity index is 639. The number of aromatic nitrogens is 1. The molecule has 110 valence electrons. The average Bonchev–Trinajstić information content (AvgIpc) is 2.86. The quantitative estimate of drug-likeness (QED) is 0.928. The van der Waals surface area contributed by atoms with Gasteiger partial charge in [0.15, 0.2) is 11.5 Å². The molecule has 0 saturated heterocycles. The summed E-state index contributed by atoms with van der Waals surface area (Å²) in [6, 6.07) is 9.51. The van der Waals surface area contributed by atoms with E-state index in [1.54, 1.807) is 18.1 Å². The summed E-state index contributed by atoms with van der Waals surface area (Å²) >= 11 is 0. The minimum atomic E-state index is -0.155. The first kappa shape index (κ1) is 13.8. The monoisotopic (exact) mass is 287 g/mol. The Hall–Kier alpha value is -2.18. The van der Waals surface area contributed by atoms with Crippen molar-refractivity contribution < 1.29 is 14.1 Å². The molecule has 3 rings (SSSR count). The van der Waals surface area contributed by atoms with Gasteiger partial charge >= 0.3 is 0 Å². The van der Waals surface area contributed by atoms with Crippen LogP contribution in [-0.4, -0.2) is 31.3 Å². The molecule has 1 N–H and O–H groups in total. The van der Waals surface area contributed by atoms with Crippen molar-refractivity contribution in [2.45, 2.75) is 13.2 Å². The molecule has 0 aliphatic carbocycles. The summed E-state index contributed by atoms with van der Waals surface area (Å²) in [7, 11) is 1.57. The van der Waals surface area contributed by atoms with Crippen LogP contribution in [0.1, 0.15) is 21.8 Å². The largest absolute Gasteiger partial charge is 0.377 e. The molecular formula is C15H17N3O3. The first-order valence-corrected chi connectivity index (χ1v) is 6.84. The van der Waals surface area contributed by atoms with Crippen molar-refractivity contribution in [2.75, 3.05) is 25.1 Å². The number of amides is 1. The van der Waals surface area contributed by atoms with Gasteiger partial charge in [-0.2, -0.15) is 0 Å². The Balaban J connectivity index is 1.89. The Morgan fingerprint density at radius 1 is 1.48 bits per heavy atom. The van der Waals surface area contributed by atoms with Gasteiger partial charge in [0.1, 0.15) is 6.61 Å². The molecular weight excluding hydrogens is 270 g/mol. The lowest BCUT2D eigenvalue weighted by Gasteiger charge is -2.21. The van der Waals surface area contributed by atoms with E-state index in [4.69, 9.17) is 9.26 Å². The lowest BCUT2D eigenvalue weighted by atomic mass is 10.1. The molecule has 0 fully saturated rings. The van der Waals surface area contributed by atoms with Gasteiger partial charge in [0.05, 0.1) is 0 Å². The summed E-state index contributed by atoms with van der Waals surface area (Å²) in [5.74, 6) is 0.388. The highest BCUT2D eigenvalue weighted by Crippen LogP contribution is 2.23. The number of fused-ring (bicyclic) bond motifs is 1. The molecule has 1 aliphatic heterocycles. The highest BCUT2D eigenvalue weighted by atomic mass is 16.5. The molecule has 1 amide bonds. The number of benzene rings is 1. The second-order valence-electron chi connectivity index (χ2n) is 4.87. The molecule has 0 radical (unpaired) electrons. The molecule has 0 saturated carbocycles. The Labute approximate surface area is 122 Å². The summed E-state index contributed by atoms with van der Waals surface area (Å²) < 4.78 is 10.1. The van der Waals surface area contributed by atoms with Crippen LogP contribution < -0.4 is 10.2 Å². The van der Waals surface area contributed by atoms with Gasteiger partial charge in [-0.3, -0.25) is 4.79 Å². The maximum Gasteiger partial charge on any atom is 0.280 e. The molecule has 6 nitrogen and oxygen atoms in total. The van der Waals surface area contributed by atoms with E-state index >= 15 is 0 Å². The molecule has 0 bridgehead atoms. The second-order valence-corrected chi connectivity index (χ2v) is 4.87. The van der Waals surface area contributed by atoms with Crippen molar-refractivity contribution in [2.24, 2.45) is 0 Å². The molecule has 1 aliphatic rings. The van der Waals surface area contributed by atoms with Crippen LogP contribution in [0.4, 0.5) is 5.69 Å². The fraction of sp³-hybridized carbons (Fsp3) is 0.333. The average molecular weight is 287 g/mol. The molecule has 2 heterocycles. The van der Waals surface area contributed by atoms with Crippen LogP contribution in [0, 0.1) is 0 Å². The van der Waals surface area contributed by atoms with E-state index in [-0.39, 0.29) is 5.91 Å². The van der Waals surface area contributed by atoms with Gasteiger partial charge in [-0.15, -0.1) is 0 Å². The van der Waals surface area contributed by atoms with Crippen LogP contribution in [0.3, 0.4) is 0 Å². The van der Waals surface area contributed by atoms with Gasteiger partial charge in [-0.05, 0) is 11.6 Å². The Morgan fingerprint density at radius 3 is 3.19 bits per heavy atom. The van der Waals surface area contributed by atoms with Crippen molar-refractivity contribution in [1.29, 1.82) is 0 Å². The maximum absolute atomic E-state index is 12.7. The third kappa shape index (κ3) is 2.81. The van der Waals surface area contributed by atoms with Crippen LogP contribution in [0.25, 0.3) is 0 Å². The summed E-state index contributed by atoms with van der Waals surface area (Å²) in [4.78, 5) is 14.4. The first-order chi connectivity index (χ1) is 10.3. The standard InChI is InChI=1S/C15H17N3O3/c1-20-10-12-8-13(17-21-12)15(19)18-7-6-16-9-11-4-2-3-5-14(11)18/h2-5,8,16H,6-7,9-10H2,1H3. The molecule has 0 atom stereocenters. The van der Waals surface area contributed by atoms with E-state index in [1.165, 1.54) is 0 Å². The van der Waals surface area contributed by atoms with Crippen LogP contribution in [0.15, 0.2) is 34.9 Å². The van der Waals surface area contributed by atoms with Gasteiger partial charge in [-0.1, -0.05) is 23.4 Å². The smallest absolute Gasteiger partial charge is 0.280 e. The zero-order chi connectivity index (χ0) is 14.7. The van der Waals surface area contributed by atoms with Crippen molar-refractivity contribution in [3.63, 3.8) is 0 Å². The highest BCUT2D eigenvalue weighted by Gasteiger charge is 2.24. The van der Waals surface area contributed by atoms with Crippen LogP contribution in [0.2, 0.25) is 0 Å². The van der Waals surface area contributed by atoms with Crippen LogP contribution in [-0.2, 0) is 17.9 Å². The van der Waals surface area contributed by atoms with E-state index < -0.39 is 0 Å². The number of nitrogens with one attached hydrogen (secondary N) is 1. The van der Waals surface area contributed by atoms with Crippen molar-refractivity contribution in [1.82, 2.24) is 10.5 Å². The number of hydrogen-bond donors (Lipinski definition) is 1. The highest BCUT2D eigenvalue weighted by molar-refractivity contribution is 6.05. The SMILES string of the molecule is COCc1cc(C(=O)N2CCNCc3ccccc32)no1. The molecule has 1 aromatic carbocycles. The first-order valence-electron chi connectivity index (χ1n) is 6.84. The number of methoxy groups -OCH3 is 1. The molecule has 0 unspecified atom stereocenters. The van der Waals surface area contributed by atoms with E-state index in [2.05, 4.69) is 10.5 Å². The normalized spacial score (nSPS) is 14.6. The second kappa shape index (κ2) is 6.07. The molecule has 6 heteroatoms. The van der Waals surface area contributed by atoms with Gasteiger partial charge in [0.2, 0.25) is 0 Å². The molecule has 21 heavy (non-hydrogen) atoms. The van der Waals surface area contributed by atoms with Crippen LogP contribution in [0.5, 0.6) is 0 Å². The van der Waals surface area contributed by atoms with E-state index in [9.17, 15) is 4.79 Å². The number of anilines is 1. The summed E-state index contributed by atoms with van der Waals surface area (Å²) in [5.41, 5.74) is 2.33. The number of nitrogens with zero attached hydrogens (tertiary/aromatic N) is 2. The Morgan fingerprint density at radius 2 is 2.33 bits per heavy atom. The topological polar surface area (TPSA) is 67.6 Å². The van der Waals surface area contributed by atoms with Crippen LogP contribution >= 0.6 is 0 Å². The lowest BCUT2D eigenvalue weighted by Crippen LogP contribution is -2.34. The number of carbonyl (C=O) groups excluding carboxylic acids is 1. The minimum absolute atomic E-state index is 0.155. The number of hydrogen-bond acceptors (Lipinski definition) is 5. The fourth-order valence-electron chi connectivity index (χ4n) is 2.43. The van der Waals surface area contributed by atoms with Gasteiger partial charge < -0.3 is 19.5 Å². The van der Waals surface area contributed by atoms with Crippen molar-refractivity contribution >= 4 is 11.6 Å². The molecule has 0 spiro atoms. The molecule has 2 aromatic rings. The number of rotatable bonds is 3. The number of para-hydroxylation sites is 1. The van der Waals surface area contributed by atoms with Gasteiger partial charge in [0, 0.05) is 38.5 Å². The van der Waals surface area contributed by atoms with Crippen molar-refractivity contribution in [3.05, 3.63) is 47.3 Å². The minimum Gasteiger partial charge on any atom is -0.377 e. The zero-order valence-corrected chi connectivity index (χ0v) is 11.8. The maximum atomic E-state index is 12.7. The van der Waals surface area contributed by atoms with Gasteiger partial charge in [-0.25, -0.2) is 0 Å². The fourth-order valence-corrected chi connectivity index (χ4v) is 2.43. The predicted molar refractivity (Wildman–Crippen MR) is 77.0 cm³/mol.